The zero-order chi connectivity index (χ0) is 55.7. The molecule has 0 aliphatic rings. The fourth-order valence-corrected chi connectivity index (χ4v) is 8.95. The summed E-state index contributed by atoms with van der Waals surface area (Å²) in [7, 11) is 0. The van der Waals surface area contributed by atoms with Gasteiger partial charge in [0.1, 0.15) is 13.2 Å². The number of ether oxygens (including phenoxy) is 3. The van der Waals surface area contributed by atoms with Crippen LogP contribution in [0.5, 0.6) is 0 Å². The van der Waals surface area contributed by atoms with E-state index in [1.54, 1.807) is 0 Å². The van der Waals surface area contributed by atoms with Gasteiger partial charge in [0.2, 0.25) is 0 Å². The Bertz CT molecular complexity index is 1560. The molecule has 0 N–H and O–H groups in total. The number of hydrogen-bond donors (Lipinski definition) is 0. The van der Waals surface area contributed by atoms with Gasteiger partial charge >= 0.3 is 17.9 Å². The molecule has 1 atom stereocenters. The van der Waals surface area contributed by atoms with Crippen LogP contribution in [-0.4, -0.2) is 37.2 Å². The highest BCUT2D eigenvalue weighted by Crippen LogP contribution is 2.16. The zero-order valence-corrected chi connectivity index (χ0v) is 50.4. The van der Waals surface area contributed by atoms with Crippen LogP contribution in [0, 0.1) is 0 Å². The number of carbonyl (C=O) groups excluding carboxylic acids is 3. The Kier molecular flexibility index (Phi) is 61.3. The molecule has 0 radical (unpaired) electrons. The molecular formula is C71H120O6. The molecule has 0 fully saturated rings. The second-order valence-corrected chi connectivity index (χ2v) is 21.3. The Morgan fingerprint density at radius 2 is 0.506 bits per heavy atom. The van der Waals surface area contributed by atoms with Crippen LogP contribution in [0.15, 0.2) is 109 Å². The van der Waals surface area contributed by atoms with Crippen LogP contribution in [-0.2, 0) is 28.6 Å². The summed E-state index contributed by atoms with van der Waals surface area (Å²) in [6.45, 7) is 6.41. The summed E-state index contributed by atoms with van der Waals surface area (Å²) in [4.78, 5) is 38.3. The summed E-state index contributed by atoms with van der Waals surface area (Å²) in [6, 6.07) is 0. The lowest BCUT2D eigenvalue weighted by Gasteiger charge is -2.18. The van der Waals surface area contributed by atoms with Gasteiger partial charge in [0.25, 0.3) is 0 Å². The zero-order valence-electron chi connectivity index (χ0n) is 50.4. The number of esters is 3. The SMILES string of the molecule is CC/C=C\C/C=C\C/C=C\C/C=C\C/C=C\CCCCCCCC(=O)OC(COC(=O)CCCCCCC/C=C\C/C=C\C/C=C\CC)COC(=O)CCCCCCCCCCCCC/C=C\CCCCCCCCCC. The Hall–Kier alpha value is -3.93. The van der Waals surface area contributed by atoms with E-state index in [1.165, 1.54) is 116 Å². The van der Waals surface area contributed by atoms with E-state index in [-0.39, 0.29) is 31.1 Å². The number of allylic oxidation sites excluding steroid dienone is 18. The monoisotopic (exact) mass is 1070 g/mol. The van der Waals surface area contributed by atoms with Crippen LogP contribution >= 0.6 is 0 Å². The molecule has 0 amide bonds. The van der Waals surface area contributed by atoms with Gasteiger partial charge in [-0.3, -0.25) is 14.4 Å². The van der Waals surface area contributed by atoms with Crippen molar-refractivity contribution in [2.75, 3.05) is 13.2 Å². The molecule has 6 nitrogen and oxygen atoms in total. The summed E-state index contributed by atoms with van der Waals surface area (Å²) in [5.41, 5.74) is 0. The molecule has 0 saturated carbocycles. The van der Waals surface area contributed by atoms with Crippen molar-refractivity contribution >= 4 is 17.9 Å². The van der Waals surface area contributed by atoms with Gasteiger partial charge < -0.3 is 14.2 Å². The van der Waals surface area contributed by atoms with Crippen molar-refractivity contribution in [1.29, 1.82) is 0 Å². The van der Waals surface area contributed by atoms with Crippen LogP contribution in [0.25, 0.3) is 0 Å². The minimum atomic E-state index is -0.800. The first kappa shape index (κ1) is 73.1. The van der Waals surface area contributed by atoms with Crippen LogP contribution in [0.1, 0.15) is 303 Å². The first-order valence-electron chi connectivity index (χ1n) is 32.4. The van der Waals surface area contributed by atoms with E-state index in [1.807, 2.05) is 0 Å². The number of carbonyl (C=O) groups is 3. The first-order valence-corrected chi connectivity index (χ1v) is 32.4. The molecule has 1 unspecified atom stereocenters. The minimum Gasteiger partial charge on any atom is -0.462 e. The van der Waals surface area contributed by atoms with Crippen molar-refractivity contribution in [3.05, 3.63) is 109 Å². The van der Waals surface area contributed by atoms with Crippen molar-refractivity contribution in [2.45, 2.75) is 309 Å². The van der Waals surface area contributed by atoms with E-state index in [0.717, 1.165) is 148 Å². The number of hydrogen-bond acceptors (Lipinski definition) is 6. The molecule has 0 aromatic rings. The molecule has 0 aromatic carbocycles. The highest BCUT2D eigenvalue weighted by Gasteiger charge is 2.19. The van der Waals surface area contributed by atoms with Crippen LogP contribution in [0.3, 0.4) is 0 Å². The normalized spacial score (nSPS) is 12.8. The molecule has 0 saturated heterocycles. The van der Waals surface area contributed by atoms with Gasteiger partial charge in [-0.25, -0.2) is 0 Å². The summed E-state index contributed by atoms with van der Waals surface area (Å²) < 4.78 is 16.9. The quantitative estimate of drug-likeness (QED) is 0.0261. The van der Waals surface area contributed by atoms with Crippen molar-refractivity contribution in [1.82, 2.24) is 0 Å². The molecule has 0 rings (SSSR count). The third-order valence-electron chi connectivity index (χ3n) is 13.7. The maximum absolute atomic E-state index is 12.9. The van der Waals surface area contributed by atoms with Crippen molar-refractivity contribution in [3.63, 3.8) is 0 Å². The average Bonchev–Trinajstić information content (AvgIpc) is 3.43. The van der Waals surface area contributed by atoms with Gasteiger partial charge in [-0.1, -0.05) is 271 Å². The predicted molar refractivity (Wildman–Crippen MR) is 334 cm³/mol. The standard InChI is InChI=1S/C71H120O6/c1-4-7-10-13-16-19-22-25-28-30-32-34-35-37-38-40-43-46-49-52-55-58-61-64-70(73)76-67-68(66-75-69(72)63-60-57-54-51-48-45-42-27-24-21-18-15-12-9-6-3)77-71(74)65-62-59-56-53-50-47-44-41-39-36-33-31-29-26-23-20-17-14-11-8-5-2/h8-9,11-12,17-18,20-21,26-27,29-30,32-33,36,41-42,44,68H,4-7,10,13-16,19,22-25,28,31,34-35,37-40,43,45-67H2,1-3H3/b11-8-,12-9-,20-17-,21-18-,29-26-,32-30-,36-33-,42-27-,44-41-. The molecule has 0 bridgehead atoms. The molecular weight excluding hydrogens is 949 g/mol. The van der Waals surface area contributed by atoms with Gasteiger partial charge in [0.05, 0.1) is 0 Å². The lowest BCUT2D eigenvalue weighted by Crippen LogP contribution is -2.30. The van der Waals surface area contributed by atoms with Crippen molar-refractivity contribution < 1.29 is 28.6 Å². The van der Waals surface area contributed by atoms with E-state index in [0.29, 0.717) is 19.3 Å². The molecule has 0 spiro atoms. The Morgan fingerprint density at radius 1 is 0.273 bits per heavy atom. The highest BCUT2D eigenvalue weighted by molar-refractivity contribution is 5.71. The molecule has 77 heavy (non-hydrogen) atoms. The largest absolute Gasteiger partial charge is 0.462 e. The smallest absolute Gasteiger partial charge is 0.306 e. The van der Waals surface area contributed by atoms with Crippen LogP contribution in [0.4, 0.5) is 0 Å². The average molecular weight is 1070 g/mol. The third kappa shape index (κ3) is 62.8. The van der Waals surface area contributed by atoms with E-state index < -0.39 is 6.10 Å². The maximum atomic E-state index is 12.9. The first-order chi connectivity index (χ1) is 38.0. The Labute approximate surface area is 476 Å². The molecule has 0 aliphatic heterocycles. The van der Waals surface area contributed by atoms with Gasteiger partial charge in [-0.2, -0.15) is 0 Å². The van der Waals surface area contributed by atoms with E-state index in [2.05, 4.69) is 130 Å². The Balaban J connectivity index is 4.40. The number of unbranched alkanes of at least 4 members (excludes halogenated alkanes) is 29. The predicted octanol–water partition coefficient (Wildman–Crippen LogP) is 22.2. The second-order valence-electron chi connectivity index (χ2n) is 21.3. The molecule has 0 aliphatic carbocycles. The fourth-order valence-electron chi connectivity index (χ4n) is 8.95. The van der Waals surface area contributed by atoms with E-state index >= 15 is 0 Å². The Morgan fingerprint density at radius 3 is 0.805 bits per heavy atom. The lowest BCUT2D eigenvalue weighted by atomic mass is 10.0. The topological polar surface area (TPSA) is 78.9 Å². The summed E-state index contributed by atoms with van der Waals surface area (Å²) in [5.74, 6) is -0.922. The lowest BCUT2D eigenvalue weighted by molar-refractivity contribution is -0.167. The van der Waals surface area contributed by atoms with Crippen LogP contribution in [0.2, 0.25) is 0 Å². The van der Waals surface area contributed by atoms with Gasteiger partial charge in [0.15, 0.2) is 6.10 Å². The summed E-state index contributed by atoms with van der Waals surface area (Å²) >= 11 is 0. The van der Waals surface area contributed by atoms with Gasteiger partial charge in [-0.05, 0) is 122 Å². The van der Waals surface area contributed by atoms with E-state index in [9.17, 15) is 14.4 Å². The molecule has 440 valence electrons. The second kappa shape index (κ2) is 64.6. The maximum Gasteiger partial charge on any atom is 0.306 e. The fraction of sp³-hybridized carbons (Fsp3) is 0.704. The summed E-state index contributed by atoms with van der Waals surface area (Å²) in [6.07, 6.45) is 88.1. The van der Waals surface area contributed by atoms with Gasteiger partial charge in [0, 0.05) is 19.3 Å². The minimum absolute atomic E-state index is 0.0925. The molecule has 6 heteroatoms. The molecule has 0 heterocycles. The van der Waals surface area contributed by atoms with Crippen molar-refractivity contribution in [2.24, 2.45) is 0 Å². The van der Waals surface area contributed by atoms with E-state index in [4.69, 9.17) is 14.2 Å². The third-order valence-corrected chi connectivity index (χ3v) is 13.7. The molecule has 0 aromatic heterocycles. The van der Waals surface area contributed by atoms with Gasteiger partial charge in [-0.15, -0.1) is 0 Å². The summed E-state index contributed by atoms with van der Waals surface area (Å²) in [5, 5.41) is 0. The van der Waals surface area contributed by atoms with Crippen molar-refractivity contribution in [3.8, 4) is 0 Å². The van der Waals surface area contributed by atoms with Crippen LogP contribution < -0.4 is 0 Å². The highest BCUT2D eigenvalue weighted by atomic mass is 16.6. The number of rotatable bonds is 58.